The molecule has 0 aromatic heterocycles. The first-order valence-corrected chi connectivity index (χ1v) is 10.9. The molecular weight excluding hydrogens is 400 g/mol. The molecule has 6 nitrogen and oxygen atoms in total. The smallest absolute Gasteiger partial charge is 0.255 e. The number of nitrogens with zero attached hydrogens (tertiary/aromatic N) is 1. The lowest BCUT2D eigenvalue weighted by molar-refractivity contribution is 0.102. The van der Waals surface area contributed by atoms with Gasteiger partial charge < -0.3 is 10.1 Å². The molecular formula is C20H23ClN2O4S. The number of halogens is 1. The van der Waals surface area contributed by atoms with Gasteiger partial charge in [-0.15, -0.1) is 0 Å². The molecule has 1 N–H and O–H groups in total. The van der Waals surface area contributed by atoms with Crippen LogP contribution in [-0.2, 0) is 10.0 Å². The molecule has 150 valence electrons. The quantitative estimate of drug-likeness (QED) is 0.784. The second kappa shape index (κ2) is 8.51. The number of rotatable bonds is 5. The number of hydrogen-bond donors (Lipinski definition) is 1. The molecule has 1 amide bonds. The lowest BCUT2D eigenvalue weighted by Crippen LogP contribution is -2.41. The fraction of sp³-hybridized carbons (Fsp3) is 0.350. The van der Waals surface area contributed by atoms with Crippen molar-refractivity contribution in [2.24, 2.45) is 0 Å². The Morgan fingerprint density at radius 3 is 2.54 bits per heavy atom. The van der Waals surface area contributed by atoms with Crippen LogP contribution in [-0.4, -0.2) is 38.3 Å². The van der Waals surface area contributed by atoms with E-state index in [9.17, 15) is 13.2 Å². The maximum Gasteiger partial charge on any atom is 0.255 e. The van der Waals surface area contributed by atoms with Crippen molar-refractivity contribution < 1.29 is 17.9 Å². The topological polar surface area (TPSA) is 75.7 Å². The van der Waals surface area contributed by atoms with Gasteiger partial charge >= 0.3 is 0 Å². The Kier molecular flexibility index (Phi) is 6.27. The van der Waals surface area contributed by atoms with Crippen LogP contribution in [0.15, 0.2) is 47.4 Å². The molecule has 2 aromatic rings. The first-order valence-electron chi connectivity index (χ1n) is 9.09. The van der Waals surface area contributed by atoms with E-state index in [0.29, 0.717) is 28.6 Å². The number of anilines is 1. The first-order chi connectivity index (χ1) is 13.3. The largest absolute Gasteiger partial charge is 0.495 e. The minimum Gasteiger partial charge on any atom is -0.495 e. The van der Waals surface area contributed by atoms with Gasteiger partial charge in [-0.3, -0.25) is 4.79 Å². The highest BCUT2D eigenvalue weighted by atomic mass is 35.5. The van der Waals surface area contributed by atoms with Crippen LogP contribution >= 0.6 is 11.6 Å². The Balaban J connectivity index is 1.79. The summed E-state index contributed by atoms with van der Waals surface area (Å²) in [6.45, 7) is 2.46. The Bertz CT molecular complexity index is 961. The van der Waals surface area contributed by atoms with Gasteiger partial charge in [-0.2, -0.15) is 4.31 Å². The molecule has 1 aliphatic rings. The summed E-state index contributed by atoms with van der Waals surface area (Å²) >= 11 is 5.98. The van der Waals surface area contributed by atoms with Crippen LogP contribution in [0, 0.1) is 0 Å². The molecule has 1 atom stereocenters. The fourth-order valence-electron chi connectivity index (χ4n) is 3.31. The molecule has 2 aromatic carbocycles. The molecule has 0 spiro atoms. The second-order valence-corrected chi connectivity index (χ2v) is 9.11. The van der Waals surface area contributed by atoms with Gasteiger partial charge in [-0.25, -0.2) is 8.42 Å². The van der Waals surface area contributed by atoms with Gasteiger partial charge in [-0.1, -0.05) is 18.0 Å². The average Bonchev–Trinajstić information content (AvgIpc) is 2.68. The summed E-state index contributed by atoms with van der Waals surface area (Å²) in [5, 5.41) is 3.20. The van der Waals surface area contributed by atoms with Gasteiger partial charge in [-0.05, 0) is 62.2 Å². The van der Waals surface area contributed by atoms with Crippen LogP contribution in [0.3, 0.4) is 0 Å². The molecule has 0 radical (unpaired) electrons. The van der Waals surface area contributed by atoms with Crippen molar-refractivity contribution in [3.8, 4) is 5.75 Å². The predicted molar refractivity (Wildman–Crippen MR) is 110 cm³/mol. The zero-order valence-electron chi connectivity index (χ0n) is 15.8. The number of methoxy groups -OCH3 is 1. The normalized spacial score (nSPS) is 17.9. The van der Waals surface area contributed by atoms with Crippen LogP contribution in [0.4, 0.5) is 5.69 Å². The molecule has 1 saturated heterocycles. The molecule has 1 aliphatic heterocycles. The highest BCUT2D eigenvalue weighted by Crippen LogP contribution is 2.29. The highest BCUT2D eigenvalue weighted by molar-refractivity contribution is 7.89. The lowest BCUT2D eigenvalue weighted by atomic mass is 10.1. The lowest BCUT2D eigenvalue weighted by Gasteiger charge is -2.32. The summed E-state index contributed by atoms with van der Waals surface area (Å²) < 4.78 is 32.5. The molecule has 28 heavy (non-hydrogen) atoms. The van der Waals surface area contributed by atoms with Crippen LogP contribution in [0.1, 0.15) is 36.5 Å². The van der Waals surface area contributed by atoms with Crippen molar-refractivity contribution in [3.63, 3.8) is 0 Å². The summed E-state index contributed by atoms with van der Waals surface area (Å²) in [6.07, 6.45) is 2.77. The van der Waals surface area contributed by atoms with Crippen molar-refractivity contribution in [3.05, 3.63) is 53.1 Å². The third-order valence-electron chi connectivity index (χ3n) is 4.87. The minimum absolute atomic E-state index is 0.0166. The fourth-order valence-corrected chi connectivity index (χ4v) is 5.19. The van der Waals surface area contributed by atoms with E-state index in [1.165, 1.54) is 31.4 Å². The monoisotopic (exact) mass is 422 g/mol. The van der Waals surface area contributed by atoms with Gasteiger partial charge in [0.2, 0.25) is 10.0 Å². The zero-order chi connectivity index (χ0) is 20.3. The number of nitrogens with one attached hydrogen (secondary N) is 1. The third kappa shape index (κ3) is 4.32. The van der Waals surface area contributed by atoms with E-state index in [-0.39, 0.29) is 16.8 Å². The van der Waals surface area contributed by atoms with Crippen molar-refractivity contribution in [1.82, 2.24) is 4.31 Å². The molecule has 3 rings (SSSR count). The van der Waals surface area contributed by atoms with Gasteiger partial charge in [0.15, 0.2) is 0 Å². The molecule has 0 saturated carbocycles. The van der Waals surface area contributed by atoms with Crippen molar-refractivity contribution in [1.29, 1.82) is 0 Å². The van der Waals surface area contributed by atoms with E-state index >= 15 is 0 Å². The van der Waals surface area contributed by atoms with E-state index in [1.54, 1.807) is 22.5 Å². The first kappa shape index (κ1) is 20.6. The van der Waals surface area contributed by atoms with Crippen LogP contribution < -0.4 is 10.1 Å². The number of piperidine rings is 1. The van der Waals surface area contributed by atoms with Crippen LogP contribution in [0.5, 0.6) is 5.75 Å². The van der Waals surface area contributed by atoms with Crippen molar-refractivity contribution in [2.75, 3.05) is 19.0 Å². The second-order valence-electron chi connectivity index (χ2n) is 6.78. The van der Waals surface area contributed by atoms with Crippen molar-refractivity contribution in [2.45, 2.75) is 37.1 Å². The summed E-state index contributed by atoms with van der Waals surface area (Å²) in [5.41, 5.74) is 0.784. The van der Waals surface area contributed by atoms with E-state index < -0.39 is 10.0 Å². The summed E-state index contributed by atoms with van der Waals surface area (Å²) in [7, 11) is -2.06. The SMILES string of the molecule is COc1ccc(Cl)cc1NC(=O)c1ccc(S(=O)(=O)N2CCCCC2C)cc1. The van der Waals surface area contributed by atoms with E-state index in [2.05, 4.69) is 5.32 Å². The van der Waals surface area contributed by atoms with Gasteiger partial charge in [0.05, 0.1) is 17.7 Å². The maximum absolute atomic E-state index is 12.9. The number of carbonyl (C=O) groups excluding carboxylic acids is 1. The van der Waals surface area contributed by atoms with Crippen LogP contribution in [0.2, 0.25) is 5.02 Å². The molecule has 0 bridgehead atoms. The van der Waals surface area contributed by atoms with Gasteiger partial charge in [0, 0.05) is 23.2 Å². The number of benzene rings is 2. The molecule has 8 heteroatoms. The Labute approximate surface area is 170 Å². The van der Waals surface area contributed by atoms with Crippen molar-refractivity contribution >= 4 is 33.2 Å². The maximum atomic E-state index is 12.9. The van der Waals surface area contributed by atoms with Crippen LogP contribution in [0.25, 0.3) is 0 Å². The average molecular weight is 423 g/mol. The Morgan fingerprint density at radius 1 is 1.18 bits per heavy atom. The number of amides is 1. The number of carbonyl (C=O) groups is 1. The van der Waals surface area contributed by atoms with Gasteiger partial charge in [0.25, 0.3) is 5.91 Å². The zero-order valence-corrected chi connectivity index (χ0v) is 17.4. The number of sulfonamides is 1. The highest BCUT2D eigenvalue weighted by Gasteiger charge is 2.30. The summed E-state index contributed by atoms with van der Waals surface area (Å²) in [5.74, 6) is 0.104. The Morgan fingerprint density at radius 2 is 1.89 bits per heavy atom. The molecule has 1 unspecified atom stereocenters. The van der Waals surface area contributed by atoms with E-state index in [1.807, 2.05) is 6.92 Å². The molecule has 1 fully saturated rings. The Hall–Kier alpha value is -2.09. The van der Waals surface area contributed by atoms with E-state index in [4.69, 9.17) is 16.3 Å². The standard InChI is InChI=1S/C20H23ClN2O4S/c1-14-5-3-4-12-23(14)28(25,26)17-9-6-15(7-10-17)20(24)22-18-13-16(21)8-11-19(18)27-2/h6-11,13-14H,3-5,12H2,1-2H3,(H,22,24). The van der Waals surface area contributed by atoms with E-state index in [0.717, 1.165) is 19.3 Å². The van der Waals surface area contributed by atoms with Gasteiger partial charge in [0.1, 0.15) is 5.75 Å². The number of ether oxygens (including phenoxy) is 1. The minimum atomic E-state index is -3.56. The molecule has 1 heterocycles. The molecule has 0 aliphatic carbocycles. The number of hydrogen-bond acceptors (Lipinski definition) is 4. The summed E-state index contributed by atoms with van der Waals surface area (Å²) in [6, 6.07) is 10.9. The summed E-state index contributed by atoms with van der Waals surface area (Å²) in [4.78, 5) is 12.7. The third-order valence-corrected chi connectivity index (χ3v) is 7.14. The predicted octanol–water partition coefficient (Wildman–Crippen LogP) is 4.16.